The van der Waals surface area contributed by atoms with Gasteiger partial charge in [-0.25, -0.2) is 4.79 Å². The summed E-state index contributed by atoms with van der Waals surface area (Å²) in [6, 6.07) is 0.610. The molecule has 0 saturated heterocycles. The Morgan fingerprint density at radius 1 is 1.16 bits per heavy atom. The quantitative estimate of drug-likeness (QED) is 0.858. The number of anilines is 2. The predicted molar refractivity (Wildman–Crippen MR) is 96.8 cm³/mol. The summed E-state index contributed by atoms with van der Waals surface area (Å²) in [5.41, 5.74) is 2.49. The molecule has 4 rings (SSSR count). The SMILES string of the molecule is Cc1c(NC(=O)Nc2cnn([C@H](C)C3CC3)c2)cnn1C1CCCC1. The maximum Gasteiger partial charge on any atom is 0.323 e. The molecule has 0 aromatic carbocycles. The monoisotopic (exact) mass is 342 g/mol. The van der Waals surface area contributed by atoms with Gasteiger partial charge in [-0.05, 0) is 45.4 Å². The van der Waals surface area contributed by atoms with Crippen LogP contribution in [0.25, 0.3) is 0 Å². The Labute approximate surface area is 147 Å². The van der Waals surface area contributed by atoms with Crippen LogP contribution in [-0.2, 0) is 0 Å². The molecule has 0 bridgehead atoms. The molecule has 7 heteroatoms. The maximum absolute atomic E-state index is 12.3. The molecule has 25 heavy (non-hydrogen) atoms. The minimum absolute atomic E-state index is 0.257. The molecule has 0 spiro atoms. The number of amides is 2. The summed E-state index contributed by atoms with van der Waals surface area (Å²) in [6.45, 7) is 4.19. The highest BCUT2D eigenvalue weighted by molar-refractivity contribution is 5.99. The highest BCUT2D eigenvalue weighted by Gasteiger charge is 2.29. The van der Waals surface area contributed by atoms with Crippen LogP contribution in [0.1, 0.15) is 63.2 Å². The van der Waals surface area contributed by atoms with Crippen molar-refractivity contribution in [3.05, 3.63) is 24.3 Å². The smallest absolute Gasteiger partial charge is 0.305 e. The molecule has 2 amide bonds. The largest absolute Gasteiger partial charge is 0.323 e. The molecule has 1 atom stereocenters. The number of hydrogen-bond donors (Lipinski definition) is 2. The number of rotatable bonds is 5. The van der Waals surface area contributed by atoms with Crippen molar-refractivity contribution in [2.45, 2.75) is 64.5 Å². The van der Waals surface area contributed by atoms with E-state index in [1.807, 2.05) is 17.8 Å². The zero-order chi connectivity index (χ0) is 17.4. The van der Waals surface area contributed by atoms with Crippen LogP contribution in [0.5, 0.6) is 0 Å². The van der Waals surface area contributed by atoms with Crippen LogP contribution in [-0.4, -0.2) is 25.6 Å². The Morgan fingerprint density at radius 2 is 1.92 bits per heavy atom. The molecule has 2 N–H and O–H groups in total. The fourth-order valence-corrected chi connectivity index (χ4v) is 3.77. The van der Waals surface area contributed by atoms with Crippen molar-refractivity contribution in [1.29, 1.82) is 0 Å². The van der Waals surface area contributed by atoms with E-state index in [0.717, 1.165) is 17.3 Å². The van der Waals surface area contributed by atoms with Crippen molar-refractivity contribution in [3.8, 4) is 0 Å². The van der Waals surface area contributed by atoms with E-state index in [1.54, 1.807) is 12.4 Å². The fourth-order valence-electron chi connectivity index (χ4n) is 3.77. The average Bonchev–Trinajstić information content (AvgIpc) is 2.96. The number of carbonyl (C=O) groups excluding carboxylic acids is 1. The topological polar surface area (TPSA) is 76.8 Å². The maximum atomic E-state index is 12.3. The van der Waals surface area contributed by atoms with Gasteiger partial charge in [-0.3, -0.25) is 9.36 Å². The van der Waals surface area contributed by atoms with Crippen LogP contribution < -0.4 is 10.6 Å². The van der Waals surface area contributed by atoms with Crippen LogP contribution in [0.4, 0.5) is 16.2 Å². The molecule has 2 aromatic rings. The number of carbonyl (C=O) groups is 1. The van der Waals surface area contributed by atoms with Crippen molar-refractivity contribution in [2.24, 2.45) is 5.92 Å². The number of urea groups is 1. The van der Waals surface area contributed by atoms with Gasteiger partial charge in [0.1, 0.15) is 0 Å². The first-order valence-electron chi connectivity index (χ1n) is 9.28. The van der Waals surface area contributed by atoms with E-state index < -0.39 is 0 Å². The molecular formula is C18H26N6O. The van der Waals surface area contributed by atoms with Gasteiger partial charge in [0.2, 0.25) is 0 Å². The van der Waals surface area contributed by atoms with Crippen molar-refractivity contribution < 1.29 is 4.79 Å². The molecule has 0 unspecified atom stereocenters. The number of nitrogens with zero attached hydrogens (tertiary/aromatic N) is 4. The Kier molecular flexibility index (Phi) is 4.23. The van der Waals surface area contributed by atoms with E-state index in [-0.39, 0.29) is 6.03 Å². The lowest BCUT2D eigenvalue weighted by molar-refractivity contribution is 0.262. The highest BCUT2D eigenvalue weighted by atomic mass is 16.2. The molecule has 2 heterocycles. The average molecular weight is 342 g/mol. The van der Waals surface area contributed by atoms with Crippen LogP contribution in [0.15, 0.2) is 18.6 Å². The van der Waals surface area contributed by atoms with Crippen LogP contribution in [0.2, 0.25) is 0 Å². The minimum atomic E-state index is -0.257. The predicted octanol–water partition coefficient (Wildman–Crippen LogP) is 4.12. The second-order valence-corrected chi connectivity index (χ2v) is 7.39. The second-order valence-electron chi connectivity index (χ2n) is 7.39. The van der Waals surface area contributed by atoms with Crippen molar-refractivity contribution in [2.75, 3.05) is 10.6 Å². The standard InChI is InChI=1S/C18H26N6O/c1-12(14-7-8-14)23-11-15(9-19-23)21-18(25)22-17-10-20-24(13(17)2)16-5-3-4-6-16/h9-12,14,16H,3-8H2,1-2H3,(H2,21,22,25)/t12-/m1/s1. The lowest BCUT2D eigenvalue weighted by atomic mass is 10.2. The number of nitrogens with one attached hydrogen (secondary N) is 2. The van der Waals surface area contributed by atoms with Gasteiger partial charge < -0.3 is 10.6 Å². The molecule has 2 saturated carbocycles. The van der Waals surface area contributed by atoms with Crippen molar-refractivity contribution in [1.82, 2.24) is 19.6 Å². The summed E-state index contributed by atoms with van der Waals surface area (Å²) in [7, 11) is 0. The molecule has 2 aliphatic carbocycles. The highest BCUT2D eigenvalue weighted by Crippen LogP contribution is 2.39. The summed E-state index contributed by atoms with van der Waals surface area (Å²) >= 11 is 0. The summed E-state index contributed by atoms with van der Waals surface area (Å²) < 4.78 is 3.99. The summed E-state index contributed by atoms with van der Waals surface area (Å²) in [5.74, 6) is 0.727. The first-order valence-corrected chi connectivity index (χ1v) is 9.28. The number of aromatic nitrogens is 4. The normalized spacial score (nSPS) is 19.1. The molecule has 2 fully saturated rings. The Balaban J connectivity index is 1.37. The fraction of sp³-hybridized carbons (Fsp3) is 0.611. The first kappa shape index (κ1) is 16.2. The van der Waals surface area contributed by atoms with Gasteiger partial charge in [0.15, 0.2) is 0 Å². The molecule has 0 radical (unpaired) electrons. The third-order valence-electron chi connectivity index (χ3n) is 5.54. The van der Waals surface area contributed by atoms with Gasteiger partial charge >= 0.3 is 6.03 Å². The lowest BCUT2D eigenvalue weighted by Gasteiger charge is -2.13. The molecule has 0 aliphatic heterocycles. The molecule has 7 nitrogen and oxygen atoms in total. The van der Waals surface area contributed by atoms with E-state index in [0.29, 0.717) is 17.8 Å². The van der Waals surface area contributed by atoms with Gasteiger partial charge in [-0.2, -0.15) is 10.2 Å². The number of hydrogen-bond acceptors (Lipinski definition) is 3. The van der Waals surface area contributed by atoms with Gasteiger partial charge in [0.25, 0.3) is 0 Å². The second kappa shape index (κ2) is 6.54. The van der Waals surface area contributed by atoms with Crippen molar-refractivity contribution in [3.63, 3.8) is 0 Å². The summed E-state index contributed by atoms with van der Waals surface area (Å²) in [6.07, 6.45) is 12.8. The Bertz CT molecular complexity index is 753. The zero-order valence-electron chi connectivity index (χ0n) is 14.9. The molecule has 134 valence electrons. The van der Waals surface area contributed by atoms with E-state index in [4.69, 9.17) is 0 Å². The Hall–Kier alpha value is -2.31. The van der Waals surface area contributed by atoms with E-state index in [9.17, 15) is 4.79 Å². The van der Waals surface area contributed by atoms with Gasteiger partial charge in [-0.1, -0.05) is 12.8 Å². The third kappa shape index (κ3) is 3.41. The molecule has 2 aromatic heterocycles. The van der Waals surface area contributed by atoms with E-state index in [1.165, 1.54) is 38.5 Å². The van der Waals surface area contributed by atoms with Crippen molar-refractivity contribution >= 4 is 17.4 Å². The van der Waals surface area contributed by atoms with Gasteiger partial charge in [0.05, 0.1) is 41.5 Å². The first-order chi connectivity index (χ1) is 12.1. The zero-order valence-corrected chi connectivity index (χ0v) is 14.9. The minimum Gasteiger partial charge on any atom is -0.305 e. The van der Waals surface area contributed by atoms with Gasteiger partial charge in [-0.15, -0.1) is 0 Å². The van der Waals surface area contributed by atoms with Crippen LogP contribution in [0.3, 0.4) is 0 Å². The third-order valence-corrected chi connectivity index (χ3v) is 5.54. The lowest BCUT2D eigenvalue weighted by Crippen LogP contribution is -2.19. The van der Waals surface area contributed by atoms with E-state index >= 15 is 0 Å². The Morgan fingerprint density at radius 3 is 2.64 bits per heavy atom. The molecular weight excluding hydrogens is 316 g/mol. The van der Waals surface area contributed by atoms with Gasteiger partial charge in [0, 0.05) is 6.20 Å². The molecule has 2 aliphatic rings. The summed E-state index contributed by atoms with van der Waals surface area (Å²) in [4.78, 5) is 12.3. The van der Waals surface area contributed by atoms with Crippen LogP contribution >= 0.6 is 0 Å². The van der Waals surface area contributed by atoms with E-state index in [2.05, 4.69) is 32.4 Å². The van der Waals surface area contributed by atoms with Crippen LogP contribution in [0, 0.1) is 12.8 Å². The summed E-state index contributed by atoms with van der Waals surface area (Å²) in [5, 5.41) is 14.6.